The van der Waals surface area contributed by atoms with E-state index >= 15 is 0 Å². The Labute approximate surface area is 855 Å². The minimum absolute atomic E-state index is 0.605. The molecule has 694 valence electrons. The molecule has 146 heavy (non-hydrogen) atoms. The van der Waals surface area contributed by atoms with Gasteiger partial charge in [0.2, 0.25) is 0 Å². The quantitative estimate of drug-likeness (QED) is 0.0505. The van der Waals surface area contributed by atoms with Crippen LogP contribution in [0.1, 0.15) is 22.3 Å². The first kappa shape index (κ1) is 90.5. The lowest BCUT2D eigenvalue weighted by Crippen LogP contribution is -2.28. The van der Waals surface area contributed by atoms with Gasteiger partial charge < -0.3 is 34.3 Å². The maximum atomic E-state index is 2.36. The summed E-state index contributed by atoms with van der Waals surface area (Å²) in [6.45, 7) is 0. The van der Waals surface area contributed by atoms with Gasteiger partial charge in [0.05, 0.1) is 5.41 Å². The molecule has 24 rings (SSSR count). The van der Waals surface area contributed by atoms with E-state index in [1.807, 2.05) is 0 Å². The van der Waals surface area contributed by atoms with Crippen LogP contribution in [0.4, 0.5) is 119 Å². The van der Waals surface area contributed by atoms with E-state index in [9.17, 15) is 0 Å². The van der Waals surface area contributed by atoms with E-state index in [0.717, 1.165) is 142 Å². The predicted molar refractivity (Wildman–Crippen MR) is 615 cm³/mol. The number of fused-ring (bicyclic) bond motifs is 3. The van der Waals surface area contributed by atoms with Gasteiger partial charge in [0.15, 0.2) is 0 Å². The summed E-state index contributed by atoms with van der Waals surface area (Å²) in [5.74, 6) is 0. The molecule has 0 unspecified atom stereocenters. The van der Waals surface area contributed by atoms with Gasteiger partial charge in [0, 0.05) is 119 Å². The Morgan fingerprint density at radius 1 is 0.0890 bits per heavy atom. The van der Waals surface area contributed by atoms with Crippen molar-refractivity contribution in [1.29, 1.82) is 0 Å². The lowest BCUT2D eigenvalue weighted by atomic mass is 9.67. The van der Waals surface area contributed by atoms with Crippen molar-refractivity contribution in [3.05, 3.63) is 647 Å². The van der Waals surface area contributed by atoms with Crippen molar-refractivity contribution in [3.8, 4) is 55.6 Å². The highest BCUT2D eigenvalue weighted by Crippen LogP contribution is 2.58. The molecule has 0 saturated heterocycles. The molecule has 7 nitrogen and oxygen atoms in total. The van der Waals surface area contributed by atoms with Gasteiger partial charge in [-0.05, 0) is 333 Å². The number of anilines is 21. The second-order valence-corrected chi connectivity index (χ2v) is 36.3. The highest BCUT2D eigenvalue weighted by atomic mass is 15.2. The van der Waals surface area contributed by atoms with Gasteiger partial charge in [-0.25, -0.2) is 0 Å². The molecule has 0 aliphatic heterocycles. The Morgan fingerprint density at radius 3 is 0.322 bits per heavy atom. The van der Waals surface area contributed by atoms with Gasteiger partial charge in [0.1, 0.15) is 0 Å². The monoisotopic (exact) mass is 1870 g/mol. The van der Waals surface area contributed by atoms with Crippen molar-refractivity contribution in [2.45, 2.75) is 5.41 Å². The van der Waals surface area contributed by atoms with Crippen molar-refractivity contribution >= 4 is 119 Å². The first-order chi connectivity index (χ1) is 72.4. The van der Waals surface area contributed by atoms with E-state index < -0.39 is 5.41 Å². The fraction of sp³-hybridized carbons (Fsp3) is 0.00719. The third-order valence-corrected chi connectivity index (χ3v) is 27.6. The number of rotatable bonds is 27. The number of hydrogen-bond donors (Lipinski definition) is 0. The molecule has 0 bridgehead atoms. The Morgan fingerprint density at radius 2 is 0.192 bits per heavy atom. The fourth-order valence-electron chi connectivity index (χ4n) is 20.6. The first-order valence-corrected chi connectivity index (χ1v) is 49.8. The standard InChI is InChI=1S/C85H62N4.C54H41N3/c1-7-23-69(24-8-1)86(70-25-9-2-10-26-70)75-51-39-63(40-52-75)65-43-55-77(56-44-65)88(73-31-15-5-16-32-73)79-59-47-67(48-60-79)85(83-37-21-19-35-81(83)82-36-20-22-38-84(82)85)68-49-61-80(62-50-68)89(74-33-17-6-18-34-74)78-57-45-66(46-58-78)64-41-53-76(54-42-64)87(71-27-11-3-12-28-71)72-29-13-4-14-30-72;1-6-16-46(17-7-1)55(47-18-8-2-9-19-47)51-34-26-42(27-35-51)44-30-38-53(39-31-44)57(50-24-14-5-15-25-50)54-40-32-45(33-41-54)43-28-36-52(37-29-43)56(48-20-10-3-11-21-48)49-22-12-4-13-23-49/h1-62H;1-41H. The number of para-hydroxylation sites is 11. The molecule has 1 aliphatic carbocycles. The van der Waals surface area contributed by atoms with Crippen LogP contribution in [-0.2, 0) is 5.41 Å². The molecule has 23 aromatic carbocycles. The lowest BCUT2D eigenvalue weighted by Gasteiger charge is -2.35. The van der Waals surface area contributed by atoms with Gasteiger partial charge in [0.25, 0.3) is 0 Å². The highest BCUT2D eigenvalue weighted by Gasteiger charge is 2.46. The van der Waals surface area contributed by atoms with E-state index in [1.165, 1.54) is 55.6 Å². The largest absolute Gasteiger partial charge is 0.311 e. The van der Waals surface area contributed by atoms with Gasteiger partial charge in [-0.1, -0.05) is 370 Å². The van der Waals surface area contributed by atoms with E-state index in [-0.39, 0.29) is 0 Å². The van der Waals surface area contributed by atoms with E-state index in [0.29, 0.717) is 0 Å². The fourth-order valence-corrected chi connectivity index (χ4v) is 20.6. The summed E-state index contributed by atoms with van der Waals surface area (Å²) in [4.78, 5) is 16.2. The van der Waals surface area contributed by atoms with Crippen LogP contribution >= 0.6 is 0 Å². The molecule has 0 spiro atoms. The summed E-state index contributed by atoms with van der Waals surface area (Å²) < 4.78 is 0. The van der Waals surface area contributed by atoms with E-state index in [4.69, 9.17) is 0 Å². The van der Waals surface area contributed by atoms with Gasteiger partial charge in [-0.2, -0.15) is 0 Å². The van der Waals surface area contributed by atoms with Crippen LogP contribution in [-0.4, -0.2) is 0 Å². The number of benzene rings is 23. The summed E-state index contributed by atoms with van der Waals surface area (Å²) in [6.07, 6.45) is 0. The summed E-state index contributed by atoms with van der Waals surface area (Å²) >= 11 is 0. The molecule has 1 aliphatic rings. The topological polar surface area (TPSA) is 22.7 Å². The Hall–Kier alpha value is -19.3. The van der Waals surface area contributed by atoms with Crippen LogP contribution < -0.4 is 34.3 Å². The maximum absolute atomic E-state index is 2.36. The molecule has 23 aromatic rings. The summed E-state index contributed by atoms with van der Waals surface area (Å²) in [7, 11) is 0. The summed E-state index contributed by atoms with van der Waals surface area (Å²) in [5.41, 5.74) is 39.3. The smallest absolute Gasteiger partial charge is 0.0713 e. The average molecular weight is 1870 g/mol. The summed E-state index contributed by atoms with van der Waals surface area (Å²) in [5, 5.41) is 0. The zero-order valence-corrected chi connectivity index (χ0v) is 80.6. The van der Waals surface area contributed by atoms with E-state index in [1.54, 1.807) is 0 Å². The van der Waals surface area contributed by atoms with Crippen LogP contribution in [0.2, 0.25) is 0 Å². The molecule has 0 radical (unpaired) electrons. The Kier molecular flexibility index (Phi) is 26.0. The van der Waals surface area contributed by atoms with Crippen LogP contribution in [0, 0.1) is 0 Å². The molecule has 7 heteroatoms. The van der Waals surface area contributed by atoms with Crippen molar-refractivity contribution < 1.29 is 0 Å². The van der Waals surface area contributed by atoms with Crippen molar-refractivity contribution in [2.24, 2.45) is 0 Å². The molecule has 0 aromatic heterocycles. The minimum atomic E-state index is -0.605. The zero-order valence-electron chi connectivity index (χ0n) is 80.6. The third kappa shape index (κ3) is 18.8. The first-order valence-electron chi connectivity index (χ1n) is 49.8. The van der Waals surface area contributed by atoms with E-state index in [2.05, 4.69) is 659 Å². The van der Waals surface area contributed by atoms with Gasteiger partial charge >= 0.3 is 0 Å². The molecule has 0 atom stereocenters. The minimum Gasteiger partial charge on any atom is -0.311 e. The molecule has 0 amide bonds. The highest BCUT2D eigenvalue weighted by molar-refractivity contribution is 5.91. The van der Waals surface area contributed by atoms with Gasteiger partial charge in [-0.3, -0.25) is 0 Å². The van der Waals surface area contributed by atoms with Crippen LogP contribution in [0.15, 0.2) is 625 Å². The zero-order chi connectivity index (χ0) is 97.6. The van der Waals surface area contributed by atoms with Crippen molar-refractivity contribution in [3.63, 3.8) is 0 Å². The van der Waals surface area contributed by atoms with Crippen LogP contribution in [0.5, 0.6) is 0 Å². The maximum Gasteiger partial charge on any atom is 0.0713 e. The molecule has 0 fully saturated rings. The van der Waals surface area contributed by atoms with Crippen LogP contribution in [0.3, 0.4) is 0 Å². The summed E-state index contributed by atoms with van der Waals surface area (Å²) in [6, 6.07) is 224. The lowest BCUT2D eigenvalue weighted by molar-refractivity contribution is 0.768. The second-order valence-electron chi connectivity index (χ2n) is 36.3. The second kappa shape index (κ2) is 42.0. The molecular weight excluding hydrogens is 1770 g/mol. The SMILES string of the molecule is c1ccc(N(c2ccccc2)c2ccc(-c3ccc(N(c4ccccc4)c4ccc(-c5ccc(N(c6ccccc6)c6ccccc6)cc5)cc4)cc3)cc2)cc1.c1ccc(N(c2ccccc2)c2ccc(-c3ccc(N(c4ccccc4)c4ccc(C5(c6ccc(N(c7ccccc7)c7ccc(-c8ccc(N(c9ccccc9)c9ccccc9)cc8)cc7)cc6)c6ccccc6-c6ccccc65)cc4)cc3)cc2)cc1. The normalized spacial score (nSPS) is 11.5. The molecule has 0 N–H and O–H groups in total. The van der Waals surface area contributed by atoms with Crippen molar-refractivity contribution in [2.75, 3.05) is 34.3 Å². The van der Waals surface area contributed by atoms with Crippen LogP contribution in [0.25, 0.3) is 55.6 Å². The molecule has 0 saturated carbocycles. The van der Waals surface area contributed by atoms with Gasteiger partial charge in [-0.15, -0.1) is 0 Å². The van der Waals surface area contributed by atoms with Crippen molar-refractivity contribution in [1.82, 2.24) is 0 Å². The number of nitrogens with zero attached hydrogens (tertiary/aromatic N) is 7. The third-order valence-electron chi connectivity index (χ3n) is 27.6. The number of hydrogen-bond acceptors (Lipinski definition) is 7. The molecular formula is C139H103N7. The molecule has 0 heterocycles. The average Bonchev–Trinajstić information content (AvgIpc) is 1.53. The Balaban J connectivity index is 0.000000178. The predicted octanol–water partition coefficient (Wildman–Crippen LogP) is 38.7. The Bertz CT molecular complexity index is 7570.